The van der Waals surface area contributed by atoms with Crippen molar-refractivity contribution in [2.24, 2.45) is 5.16 Å². The van der Waals surface area contributed by atoms with E-state index in [9.17, 15) is 4.79 Å². The second-order valence-corrected chi connectivity index (χ2v) is 6.69. The van der Waals surface area contributed by atoms with Crippen LogP contribution in [0.25, 0.3) is 11.1 Å². The lowest BCUT2D eigenvalue weighted by molar-refractivity contribution is -0.125. The molecule has 5 heteroatoms. The van der Waals surface area contributed by atoms with Crippen LogP contribution in [0.1, 0.15) is 16.0 Å². The Morgan fingerprint density at radius 2 is 1.56 bits per heavy atom. The van der Waals surface area contributed by atoms with Crippen molar-refractivity contribution in [1.82, 2.24) is 5.32 Å². The summed E-state index contributed by atoms with van der Waals surface area (Å²) in [4.78, 5) is 18.4. The van der Waals surface area contributed by atoms with Crippen molar-refractivity contribution in [2.45, 2.75) is 6.54 Å². The maximum absolute atomic E-state index is 11.9. The molecule has 1 aliphatic carbocycles. The van der Waals surface area contributed by atoms with Gasteiger partial charge in [0.1, 0.15) is 5.71 Å². The number of hydrogen-bond acceptors (Lipinski definition) is 4. The smallest absolute Gasteiger partial charge is 0.261 e. The third-order valence-electron chi connectivity index (χ3n) is 4.05. The van der Waals surface area contributed by atoms with Crippen molar-refractivity contribution in [3.05, 3.63) is 82.0 Å². The number of carbonyl (C=O) groups is 1. The van der Waals surface area contributed by atoms with Gasteiger partial charge in [-0.3, -0.25) is 4.79 Å². The maximum atomic E-state index is 11.9. The van der Waals surface area contributed by atoms with Crippen molar-refractivity contribution >= 4 is 23.0 Å². The summed E-state index contributed by atoms with van der Waals surface area (Å²) in [7, 11) is 0. The molecule has 0 atom stereocenters. The zero-order valence-corrected chi connectivity index (χ0v) is 14.3. The molecule has 3 aromatic rings. The van der Waals surface area contributed by atoms with Gasteiger partial charge in [0.2, 0.25) is 0 Å². The molecule has 1 amide bonds. The van der Waals surface area contributed by atoms with E-state index in [0.29, 0.717) is 6.54 Å². The highest BCUT2D eigenvalue weighted by atomic mass is 32.1. The molecule has 0 fully saturated rings. The Kier molecular flexibility index (Phi) is 4.31. The molecular formula is C20H16N2O2S. The normalized spacial score (nSPS) is 11.6. The number of thiophene rings is 1. The summed E-state index contributed by atoms with van der Waals surface area (Å²) in [6.07, 6.45) is 0. The molecule has 2 aromatic carbocycles. The van der Waals surface area contributed by atoms with Crippen LogP contribution < -0.4 is 5.32 Å². The van der Waals surface area contributed by atoms with Crippen LogP contribution in [-0.2, 0) is 16.2 Å². The van der Waals surface area contributed by atoms with Gasteiger partial charge in [-0.05, 0) is 22.6 Å². The van der Waals surface area contributed by atoms with Crippen LogP contribution in [-0.4, -0.2) is 18.2 Å². The fraction of sp³-hybridized carbons (Fsp3) is 0.100. The molecule has 0 radical (unpaired) electrons. The Bertz CT molecular complexity index is 885. The van der Waals surface area contributed by atoms with Crippen molar-refractivity contribution in [2.75, 3.05) is 6.61 Å². The second kappa shape index (κ2) is 6.91. The molecule has 1 N–H and O–H groups in total. The van der Waals surface area contributed by atoms with Crippen molar-refractivity contribution in [1.29, 1.82) is 0 Å². The van der Waals surface area contributed by atoms with Crippen molar-refractivity contribution in [3.8, 4) is 11.1 Å². The minimum absolute atomic E-state index is 0.0980. The van der Waals surface area contributed by atoms with Gasteiger partial charge in [-0.1, -0.05) is 59.8 Å². The molecule has 1 aliphatic rings. The quantitative estimate of drug-likeness (QED) is 0.558. The summed E-state index contributed by atoms with van der Waals surface area (Å²) in [5.41, 5.74) is 5.12. The fourth-order valence-corrected chi connectivity index (χ4v) is 3.54. The van der Waals surface area contributed by atoms with Crippen LogP contribution in [0.3, 0.4) is 0 Å². The summed E-state index contributed by atoms with van der Waals surface area (Å²) in [6, 6.07) is 20.1. The van der Waals surface area contributed by atoms with E-state index in [1.165, 1.54) is 0 Å². The molecule has 0 spiro atoms. The van der Waals surface area contributed by atoms with Gasteiger partial charge in [-0.2, -0.15) is 0 Å². The van der Waals surface area contributed by atoms with Gasteiger partial charge in [0.25, 0.3) is 5.91 Å². The van der Waals surface area contributed by atoms with Crippen LogP contribution in [0.4, 0.5) is 0 Å². The van der Waals surface area contributed by atoms with Crippen LogP contribution in [0.15, 0.2) is 71.2 Å². The molecular weight excluding hydrogens is 332 g/mol. The second-order valence-electron chi connectivity index (χ2n) is 5.66. The van der Waals surface area contributed by atoms with Crippen LogP contribution >= 0.6 is 11.3 Å². The van der Waals surface area contributed by atoms with Crippen LogP contribution in [0, 0.1) is 0 Å². The first-order valence-corrected chi connectivity index (χ1v) is 8.89. The van der Waals surface area contributed by atoms with Crippen molar-refractivity contribution < 1.29 is 9.63 Å². The third-order valence-corrected chi connectivity index (χ3v) is 4.92. The van der Waals surface area contributed by atoms with E-state index < -0.39 is 0 Å². The van der Waals surface area contributed by atoms with Crippen LogP contribution in [0.5, 0.6) is 0 Å². The molecule has 25 heavy (non-hydrogen) atoms. The van der Waals surface area contributed by atoms with Gasteiger partial charge in [-0.15, -0.1) is 11.3 Å². The Balaban J connectivity index is 1.45. The molecule has 1 heterocycles. The summed E-state index contributed by atoms with van der Waals surface area (Å²) in [5.74, 6) is -0.183. The number of oxime groups is 1. The van der Waals surface area contributed by atoms with Gasteiger partial charge >= 0.3 is 0 Å². The van der Waals surface area contributed by atoms with E-state index in [1.807, 2.05) is 53.9 Å². The van der Waals surface area contributed by atoms with E-state index in [0.717, 1.165) is 32.8 Å². The van der Waals surface area contributed by atoms with E-state index in [1.54, 1.807) is 11.3 Å². The summed E-state index contributed by atoms with van der Waals surface area (Å²) in [6.45, 7) is 0.418. The number of rotatable bonds is 5. The Morgan fingerprint density at radius 3 is 2.16 bits per heavy atom. The monoisotopic (exact) mass is 348 g/mol. The first-order chi connectivity index (χ1) is 12.3. The lowest BCUT2D eigenvalue weighted by Crippen LogP contribution is -2.26. The topological polar surface area (TPSA) is 50.7 Å². The molecule has 4 nitrogen and oxygen atoms in total. The first kappa shape index (κ1) is 15.6. The predicted molar refractivity (Wildman–Crippen MR) is 99.6 cm³/mol. The number of nitrogens with one attached hydrogen (secondary N) is 1. The number of benzene rings is 2. The van der Waals surface area contributed by atoms with E-state index in [-0.39, 0.29) is 12.5 Å². The van der Waals surface area contributed by atoms with E-state index >= 15 is 0 Å². The summed E-state index contributed by atoms with van der Waals surface area (Å²) < 4.78 is 0. The van der Waals surface area contributed by atoms with Gasteiger partial charge in [0.15, 0.2) is 6.61 Å². The van der Waals surface area contributed by atoms with Crippen LogP contribution in [0.2, 0.25) is 0 Å². The minimum atomic E-state index is -0.183. The molecule has 0 aliphatic heterocycles. The average molecular weight is 348 g/mol. The number of carbonyl (C=O) groups excluding carboxylic acids is 1. The summed E-state index contributed by atoms with van der Waals surface area (Å²) in [5, 5.41) is 9.06. The first-order valence-electron chi connectivity index (χ1n) is 8.01. The highest BCUT2D eigenvalue weighted by Crippen LogP contribution is 2.36. The molecule has 0 unspecified atom stereocenters. The third kappa shape index (κ3) is 3.19. The SMILES string of the molecule is O=C(CON=C1c2ccccc2-c2ccccc21)NCc1cccs1. The van der Waals surface area contributed by atoms with Gasteiger partial charge < -0.3 is 10.2 Å². The number of amides is 1. The number of hydrogen-bond donors (Lipinski definition) is 1. The molecule has 4 rings (SSSR count). The standard InChI is InChI=1S/C20H16N2O2S/c23-19(21-12-14-6-5-11-25-14)13-24-22-20-17-9-3-1-7-15(17)16-8-2-4-10-18(16)20/h1-11H,12-13H2,(H,21,23). The lowest BCUT2D eigenvalue weighted by Gasteiger charge is -2.04. The highest BCUT2D eigenvalue weighted by molar-refractivity contribution is 7.09. The van der Waals surface area contributed by atoms with Crippen molar-refractivity contribution in [3.63, 3.8) is 0 Å². The predicted octanol–water partition coefficient (Wildman–Crippen LogP) is 3.81. The molecule has 0 saturated heterocycles. The minimum Gasteiger partial charge on any atom is -0.385 e. The highest BCUT2D eigenvalue weighted by Gasteiger charge is 2.24. The lowest BCUT2D eigenvalue weighted by atomic mass is 10.1. The Morgan fingerprint density at radius 1 is 0.920 bits per heavy atom. The molecule has 1 aromatic heterocycles. The van der Waals surface area contributed by atoms with E-state index in [4.69, 9.17) is 4.84 Å². The fourth-order valence-electron chi connectivity index (χ4n) is 2.90. The molecule has 0 bridgehead atoms. The Labute approximate surface area is 149 Å². The molecule has 0 saturated carbocycles. The average Bonchev–Trinajstić information content (AvgIpc) is 3.27. The molecule has 124 valence electrons. The largest absolute Gasteiger partial charge is 0.385 e. The zero-order chi connectivity index (χ0) is 17.1. The van der Waals surface area contributed by atoms with Gasteiger partial charge in [-0.25, -0.2) is 0 Å². The number of fused-ring (bicyclic) bond motifs is 3. The number of nitrogens with zero attached hydrogens (tertiary/aromatic N) is 1. The van der Waals surface area contributed by atoms with E-state index in [2.05, 4.69) is 22.6 Å². The maximum Gasteiger partial charge on any atom is 0.261 e. The van der Waals surface area contributed by atoms with Gasteiger partial charge in [0.05, 0.1) is 6.54 Å². The van der Waals surface area contributed by atoms with Gasteiger partial charge in [0, 0.05) is 16.0 Å². The Hall–Kier alpha value is -2.92. The summed E-state index contributed by atoms with van der Waals surface area (Å²) >= 11 is 1.61. The zero-order valence-electron chi connectivity index (χ0n) is 13.4.